The molecule has 1 aromatic heterocycles. The van der Waals surface area contributed by atoms with E-state index in [0.29, 0.717) is 0 Å². The van der Waals surface area contributed by atoms with E-state index < -0.39 is 0 Å². The zero-order valence-corrected chi connectivity index (χ0v) is 13.1. The lowest BCUT2D eigenvalue weighted by Crippen LogP contribution is -2.22. The molecule has 0 saturated heterocycles. The zero-order chi connectivity index (χ0) is 15.2. The third kappa shape index (κ3) is 3.36. The standard InChI is InChI=1S/C16H23N3O2/c1-5-19-9-8-18-16(19)13(17-2)10-12-6-7-14(20-3)15(11-12)21-4/h6-9,11,13,17H,5,10H2,1-4H3. The second-order valence-electron chi connectivity index (χ2n) is 4.81. The molecule has 0 aliphatic rings. The summed E-state index contributed by atoms with van der Waals surface area (Å²) in [6.07, 6.45) is 4.69. The smallest absolute Gasteiger partial charge is 0.160 e. The van der Waals surface area contributed by atoms with Gasteiger partial charge in [0.1, 0.15) is 5.82 Å². The normalized spacial score (nSPS) is 12.2. The molecule has 0 bridgehead atoms. The average Bonchev–Trinajstić information content (AvgIpc) is 3.00. The third-order valence-corrected chi connectivity index (χ3v) is 3.64. The fourth-order valence-corrected chi connectivity index (χ4v) is 2.46. The summed E-state index contributed by atoms with van der Waals surface area (Å²) in [6, 6.07) is 6.18. The molecule has 0 amide bonds. The lowest BCUT2D eigenvalue weighted by Gasteiger charge is -2.18. The van der Waals surface area contributed by atoms with E-state index in [9.17, 15) is 0 Å². The molecule has 1 N–H and O–H groups in total. The van der Waals surface area contributed by atoms with Crippen molar-refractivity contribution in [2.24, 2.45) is 0 Å². The summed E-state index contributed by atoms with van der Waals surface area (Å²) in [6.45, 7) is 3.04. The topological polar surface area (TPSA) is 48.3 Å². The molecule has 0 fully saturated rings. The van der Waals surface area contributed by atoms with Gasteiger partial charge in [-0.15, -0.1) is 0 Å². The number of imidazole rings is 1. The van der Waals surface area contributed by atoms with Crippen LogP contribution >= 0.6 is 0 Å². The van der Waals surface area contributed by atoms with Crippen molar-refractivity contribution in [1.29, 1.82) is 0 Å². The Balaban J connectivity index is 2.23. The largest absolute Gasteiger partial charge is 0.493 e. The second kappa shape index (κ2) is 7.13. The molecular weight excluding hydrogens is 266 g/mol. The summed E-state index contributed by atoms with van der Waals surface area (Å²) >= 11 is 0. The van der Waals surface area contributed by atoms with Crippen molar-refractivity contribution in [3.63, 3.8) is 0 Å². The average molecular weight is 289 g/mol. The first-order chi connectivity index (χ1) is 10.2. The van der Waals surface area contributed by atoms with Crippen LogP contribution in [0, 0.1) is 0 Å². The van der Waals surface area contributed by atoms with Gasteiger partial charge in [0.05, 0.1) is 20.3 Å². The molecule has 114 valence electrons. The van der Waals surface area contributed by atoms with Gasteiger partial charge < -0.3 is 19.4 Å². The van der Waals surface area contributed by atoms with Gasteiger partial charge >= 0.3 is 0 Å². The van der Waals surface area contributed by atoms with Crippen LogP contribution in [0.15, 0.2) is 30.6 Å². The van der Waals surface area contributed by atoms with Crippen molar-refractivity contribution in [3.05, 3.63) is 42.0 Å². The van der Waals surface area contributed by atoms with E-state index in [4.69, 9.17) is 9.47 Å². The minimum atomic E-state index is 0.165. The van der Waals surface area contributed by atoms with Crippen molar-refractivity contribution in [2.75, 3.05) is 21.3 Å². The van der Waals surface area contributed by atoms with E-state index in [-0.39, 0.29) is 6.04 Å². The van der Waals surface area contributed by atoms with Crippen LogP contribution in [0.5, 0.6) is 11.5 Å². The van der Waals surface area contributed by atoms with Gasteiger partial charge in [-0.3, -0.25) is 0 Å². The molecule has 2 aromatic rings. The van der Waals surface area contributed by atoms with Gasteiger partial charge in [0, 0.05) is 18.9 Å². The maximum absolute atomic E-state index is 5.36. The highest BCUT2D eigenvalue weighted by molar-refractivity contribution is 5.43. The van der Waals surface area contributed by atoms with Gasteiger partial charge in [0.2, 0.25) is 0 Å². The van der Waals surface area contributed by atoms with E-state index in [1.807, 2.05) is 31.6 Å². The number of nitrogens with one attached hydrogen (secondary N) is 1. The summed E-state index contributed by atoms with van der Waals surface area (Å²) in [4.78, 5) is 4.48. The highest BCUT2D eigenvalue weighted by atomic mass is 16.5. The van der Waals surface area contributed by atoms with Crippen LogP contribution < -0.4 is 14.8 Å². The van der Waals surface area contributed by atoms with Gasteiger partial charge in [0.25, 0.3) is 0 Å². The van der Waals surface area contributed by atoms with Crippen LogP contribution in [0.1, 0.15) is 24.4 Å². The minimum absolute atomic E-state index is 0.165. The van der Waals surface area contributed by atoms with Crippen LogP contribution in [0.25, 0.3) is 0 Å². The molecule has 1 atom stereocenters. The number of aryl methyl sites for hydroxylation is 1. The van der Waals surface area contributed by atoms with Crippen molar-refractivity contribution in [2.45, 2.75) is 25.9 Å². The van der Waals surface area contributed by atoms with Crippen molar-refractivity contribution >= 4 is 0 Å². The Hall–Kier alpha value is -2.01. The Morgan fingerprint density at radius 2 is 2.00 bits per heavy atom. The lowest BCUT2D eigenvalue weighted by atomic mass is 10.0. The first kappa shape index (κ1) is 15.4. The molecule has 2 rings (SSSR count). The van der Waals surface area contributed by atoms with Crippen LogP contribution in [0.4, 0.5) is 0 Å². The SMILES string of the molecule is CCn1ccnc1C(Cc1ccc(OC)c(OC)c1)NC. The van der Waals surface area contributed by atoms with Crippen molar-refractivity contribution in [1.82, 2.24) is 14.9 Å². The summed E-state index contributed by atoms with van der Waals surface area (Å²) in [7, 11) is 5.26. The first-order valence-corrected chi connectivity index (χ1v) is 7.12. The lowest BCUT2D eigenvalue weighted by molar-refractivity contribution is 0.354. The van der Waals surface area contributed by atoms with Crippen LogP contribution in [0.3, 0.4) is 0 Å². The monoisotopic (exact) mass is 289 g/mol. The van der Waals surface area contributed by atoms with Crippen LogP contribution in [0.2, 0.25) is 0 Å². The van der Waals surface area contributed by atoms with Gasteiger partial charge in [-0.25, -0.2) is 4.98 Å². The van der Waals surface area contributed by atoms with E-state index in [1.54, 1.807) is 14.2 Å². The molecule has 0 saturated carbocycles. The molecule has 1 unspecified atom stereocenters. The number of hydrogen-bond acceptors (Lipinski definition) is 4. The Kier molecular flexibility index (Phi) is 5.22. The zero-order valence-electron chi connectivity index (χ0n) is 13.1. The predicted octanol–water partition coefficient (Wildman–Crippen LogP) is 2.42. The maximum atomic E-state index is 5.36. The number of ether oxygens (including phenoxy) is 2. The molecule has 0 radical (unpaired) electrons. The first-order valence-electron chi connectivity index (χ1n) is 7.12. The molecule has 5 nitrogen and oxygen atoms in total. The molecule has 0 spiro atoms. The summed E-state index contributed by atoms with van der Waals surface area (Å²) in [5.41, 5.74) is 1.18. The number of nitrogens with zero attached hydrogens (tertiary/aromatic N) is 2. The fourth-order valence-electron chi connectivity index (χ4n) is 2.46. The number of aromatic nitrogens is 2. The Morgan fingerprint density at radius 3 is 2.62 bits per heavy atom. The highest BCUT2D eigenvalue weighted by Crippen LogP contribution is 2.29. The van der Waals surface area contributed by atoms with Crippen LogP contribution in [-0.4, -0.2) is 30.8 Å². The van der Waals surface area contributed by atoms with Crippen molar-refractivity contribution < 1.29 is 9.47 Å². The summed E-state index contributed by atoms with van der Waals surface area (Å²) in [5.74, 6) is 2.55. The maximum Gasteiger partial charge on any atom is 0.160 e. The third-order valence-electron chi connectivity index (χ3n) is 3.64. The van der Waals surface area contributed by atoms with Crippen LogP contribution in [-0.2, 0) is 13.0 Å². The molecular formula is C16H23N3O2. The van der Waals surface area contributed by atoms with Gasteiger partial charge in [-0.05, 0) is 38.1 Å². The van der Waals surface area contributed by atoms with Crippen molar-refractivity contribution in [3.8, 4) is 11.5 Å². The Morgan fingerprint density at radius 1 is 1.24 bits per heavy atom. The second-order valence-corrected chi connectivity index (χ2v) is 4.81. The van der Waals surface area contributed by atoms with Gasteiger partial charge in [-0.1, -0.05) is 6.07 Å². The number of benzene rings is 1. The number of methoxy groups -OCH3 is 2. The molecule has 5 heteroatoms. The van der Waals surface area contributed by atoms with E-state index >= 15 is 0 Å². The fraction of sp³-hybridized carbons (Fsp3) is 0.438. The number of rotatable bonds is 7. The Bertz CT molecular complexity index is 581. The summed E-state index contributed by atoms with van der Waals surface area (Å²) < 4.78 is 12.8. The molecule has 1 heterocycles. The molecule has 0 aliphatic heterocycles. The Labute approximate surface area is 125 Å². The van der Waals surface area contributed by atoms with E-state index in [1.165, 1.54) is 5.56 Å². The predicted molar refractivity (Wildman–Crippen MR) is 83.0 cm³/mol. The number of likely N-dealkylation sites (N-methyl/N-ethyl adjacent to an activating group) is 1. The molecule has 1 aromatic carbocycles. The number of hydrogen-bond donors (Lipinski definition) is 1. The minimum Gasteiger partial charge on any atom is -0.493 e. The van der Waals surface area contributed by atoms with E-state index in [2.05, 4.69) is 27.9 Å². The quantitative estimate of drug-likeness (QED) is 0.850. The highest BCUT2D eigenvalue weighted by Gasteiger charge is 2.16. The summed E-state index contributed by atoms with van der Waals surface area (Å²) in [5, 5.41) is 3.34. The van der Waals surface area contributed by atoms with E-state index in [0.717, 1.165) is 30.3 Å². The molecule has 21 heavy (non-hydrogen) atoms. The molecule has 0 aliphatic carbocycles. The van der Waals surface area contributed by atoms with Gasteiger partial charge in [-0.2, -0.15) is 0 Å². The van der Waals surface area contributed by atoms with Gasteiger partial charge in [0.15, 0.2) is 11.5 Å².